The number of esters is 1. The van der Waals surface area contributed by atoms with Gasteiger partial charge < -0.3 is 0 Å². The van der Waals surface area contributed by atoms with Crippen LogP contribution >= 0.6 is 0 Å². The van der Waals surface area contributed by atoms with Gasteiger partial charge in [-0.05, 0) is 0 Å². The minimum atomic E-state index is -0.625. The van der Waals surface area contributed by atoms with Gasteiger partial charge >= 0.3 is 168 Å². The molecule has 2 nitrogen and oxygen atoms in total. The Labute approximate surface area is 167 Å². The second kappa shape index (κ2) is 9.21. The Kier molecular flexibility index (Phi) is 6.71. The van der Waals surface area contributed by atoms with Gasteiger partial charge in [0.05, 0.1) is 0 Å². The van der Waals surface area contributed by atoms with Crippen LogP contribution in [0.1, 0.15) is 12.5 Å². The van der Waals surface area contributed by atoms with Gasteiger partial charge in [-0.1, -0.05) is 0 Å². The van der Waals surface area contributed by atoms with E-state index in [9.17, 15) is 4.79 Å². The molecule has 3 aromatic rings. The molecule has 26 heavy (non-hydrogen) atoms. The van der Waals surface area contributed by atoms with Crippen molar-refractivity contribution in [3.63, 3.8) is 0 Å². The number of ether oxygens (including phenoxy) is 1. The Morgan fingerprint density at radius 1 is 0.769 bits per heavy atom. The van der Waals surface area contributed by atoms with Crippen molar-refractivity contribution in [3.8, 4) is 0 Å². The van der Waals surface area contributed by atoms with Crippen molar-refractivity contribution in [2.24, 2.45) is 0 Å². The molecule has 3 aromatic carbocycles. The van der Waals surface area contributed by atoms with Gasteiger partial charge in [-0.25, -0.2) is 0 Å². The van der Waals surface area contributed by atoms with Crippen LogP contribution in [0.15, 0.2) is 91.0 Å². The summed E-state index contributed by atoms with van der Waals surface area (Å²) in [6, 6.07) is 30.7. The van der Waals surface area contributed by atoms with Crippen LogP contribution in [0.3, 0.4) is 0 Å². The van der Waals surface area contributed by atoms with Gasteiger partial charge in [0.1, 0.15) is 0 Å². The summed E-state index contributed by atoms with van der Waals surface area (Å²) in [6.45, 7) is 2.27. The Morgan fingerprint density at radius 3 is 1.62 bits per heavy atom. The normalized spacial score (nSPS) is 11.1. The molecule has 0 atom stereocenters. The zero-order valence-corrected chi connectivity index (χ0v) is 17.9. The van der Waals surface area contributed by atoms with Crippen molar-refractivity contribution in [1.82, 2.24) is 0 Å². The predicted molar refractivity (Wildman–Crippen MR) is 108 cm³/mol. The maximum absolute atomic E-state index is 13.3. The molecular formula is C22H20O2Se2. The zero-order chi connectivity index (χ0) is 18.2. The molecule has 0 N–H and O–H groups in total. The van der Waals surface area contributed by atoms with Crippen molar-refractivity contribution in [2.45, 2.75) is 10.1 Å². The first-order valence-corrected chi connectivity index (χ1v) is 11.9. The van der Waals surface area contributed by atoms with Gasteiger partial charge in [0, 0.05) is 0 Å². The molecule has 132 valence electrons. The van der Waals surface area contributed by atoms with Crippen molar-refractivity contribution in [2.75, 3.05) is 6.61 Å². The Hall–Kier alpha value is -1.83. The van der Waals surface area contributed by atoms with Gasteiger partial charge in [0.2, 0.25) is 0 Å². The Morgan fingerprint density at radius 2 is 1.19 bits per heavy atom. The number of rotatable bonds is 7. The summed E-state index contributed by atoms with van der Waals surface area (Å²) in [4.78, 5) is 13.3. The molecule has 0 saturated heterocycles. The first kappa shape index (κ1) is 18.9. The van der Waals surface area contributed by atoms with E-state index in [2.05, 4.69) is 36.4 Å². The third kappa shape index (κ3) is 4.47. The van der Waals surface area contributed by atoms with Crippen molar-refractivity contribution in [1.29, 1.82) is 0 Å². The monoisotopic (exact) mass is 476 g/mol. The van der Waals surface area contributed by atoms with E-state index in [-0.39, 0.29) is 35.9 Å². The number of carbonyl (C=O) groups is 1. The van der Waals surface area contributed by atoms with Crippen LogP contribution in [0.4, 0.5) is 0 Å². The summed E-state index contributed by atoms with van der Waals surface area (Å²) in [5.74, 6) is -0.112. The predicted octanol–water partition coefficient (Wildman–Crippen LogP) is 2.46. The first-order chi connectivity index (χ1) is 12.7. The first-order valence-electron chi connectivity index (χ1n) is 8.45. The average Bonchev–Trinajstić information content (AvgIpc) is 2.70. The standard InChI is InChI=1S/C22H20O2Se2/c1-2-24-21(23)22(18-12-6-3-7-13-18,25-19-14-8-4-9-15-19)26-20-16-10-5-11-17-20/h3-17H,2H2,1H3. The number of hydrogen-bond donors (Lipinski definition) is 0. The maximum atomic E-state index is 13.3. The van der Waals surface area contributed by atoms with Crippen molar-refractivity contribution >= 4 is 44.8 Å². The second-order valence-electron chi connectivity index (χ2n) is 5.53. The third-order valence-electron chi connectivity index (χ3n) is 3.71. The molecule has 4 heteroatoms. The molecule has 3 rings (SSSR count). The van der Waals surface area contributed by atoms with Crippen LogP contribution in [0.25, 0.3) is 0 Å². The molecule has 0 saturated carbocycles. The van der Waals surface area contributed by atoms with E-state index >= 15 is 0 Å². The number of hydrogen-bond acceptors (Lipinski definition) is 2. The molecule has 0 spiro atoms. The fraction of sp³-hybridized carbons (Fsp3) is 0.136. The van der Waals surface area contributed by atoms with Crippen LogP contribution in [-0.4, -0.2) is 42.5 Å². The van der Waals surface area contributed by atoms with E-state index in [1.54, 1.807) is 0 Å². The third-order valence-corrected chi connectivity index (χ3v) is 10.6. The molecule has 0 aromatic heterocycles. The van der Waals surface area contributed by atoms with Crippen LogP contribution < -0.4 is 8.92 Å². The van der Waals surface area contributed by atoms with Crippen LogP contribution in [0, 0.1) is 0 Å². The van der Waals surface area contributed by atoms with Crippen molar-refractivity contribution in [3.05, 3.63) is 96.6 Å². The van der Waals surface area contributed by atoms with Crippen LogP contribution in [-0.2, 0) is 12.7 Å². The van der Waals surface area contributed by atoms with Crippen LogP contribution in [0.5, 0.6) is 0 Å². The molecule has 0 heterocycles. The van der Waals surface area contributed by atoms with E-state index < -0.39 is 3.21 Å². The van der Waals surface area contributed by atoms with Gasteiger partial charge in [0.15, 0.2) is 0 Å². The van der Waals surface area contributed by atoms with Gasteiger partial charge in [-0.2, -0.15) is 0 Å². The summed E-state index contributed by atoms with van der Waals surface area (Å²) >= 11 is -0.171. The summed E-state index contributed by atoms with van der Waals surface area (Å²) in [5.41, 5.74) is 1.05. The SMILES string of the molecule is CCOC(=O)C([Se]c1ccccc1)([Se]c1ccccc1)c1ccccc1. The molecule has 0 radical (unpaired) electrons. The molecule has 0 amide bonds. The molecule has 0 aliphatic heterocycles. The Bertz CT molecular complexity index is 779. The summed E-state index contributed by atoms with van der Waals surface area (Å²) in [7, 11) is 0. The molecule has 0 bridgehead atoms. The molecule has 0 unspecified atom stereocenters. The summed E-state index contributed by atoms with van der Waals surface area (Å²) in [5, 5.41) is 0. The quantitative estimate of drug-likeness (QED) is 0.389. The van der Waals surface area contributed by atoms with Gasteiger partial charge in [-0.3, -0.25) is 0 Å². The van der Waals surface area contributed by atoms with Gasteiger partial charge in [0.25, 0.3) is 0 Å². The number of benzene rings is 3. The molecule has 0 aliphatic rings. The fourth-order valence-electron chi connectivity index (χ4n) is 2.53. The average molecular weight is 474 g/mol. The second-order valence-corrected chi connectivity index (χ2v) is 12.2. The molecular weight excluding hydrogens is 454 g/mol. The van der Waals surface area contributed by atoms with E-state index in [1.165, 1.54) is 8.92 Å². The summed E-state index contributed by atoms with van der Waals surface area (Å²) in [6.07, 6.45) is 0. The topological polar surface area (TPSA) is 26.3 Å². The van der Waals surface area contributed by atoms with Crippen LogP contribution in [0.2, 0.25) is 0 Å². The van der Waals surface area contributed by atoms with Crippen molar-refractivity contribution < 1.29 is 9.53 Å². The zero-order valence-electron chi connectivity index (χ0n) is 14.5. The van der Waals surface area contributed by atoms with E-state index in [4.69, 9.17) is 4.74 Å². The van der Waals surface area contributed by atoms with Gasteiger partial charge in [-0.15, -0.1) is 0 Å². The van der Waals surface area contributed by atoms with E-state index in [1.807, 2.05) is 61.5 Å². The Balaban J connectivity index is 2.11. The molecule has 0 aliphatic carbocycles. The van der Waals surface area contributed by atoms with E-state index in [0.717, 1.165) is 5.56 Å². The summed E-state index contributed by atoms with van der Waals surface area (Å²) < 4.78 is 7.38. The number of carbonyl (C=O) groups excluding carboxylic acids is 1. The molecule has 0 fully saturated rings. The van der Waals surface area contributed by atoms with E-state index in [0.29, 0.717) is 6.61 Å². The minimum absolute atomic E-state index is 0.0856. The fourth-order valence-corrected chi connectivity index (χ4v) is 9.46.